The average molecular weight is 966 g/mol. The lowest BCUT2D eigenvalue weighted by Gasteiger charge is -2.40. The van der Waals surface area contributed by atoms with E-state index >= 15 is 0 Å². The quantitative estimate of drug-likeness (QED) is 0.0261. The van der Waals surface area contributed by atoms with E-state index in [2.05, 4.69) is 104 Å². The van der Waals surface area contributed by atoms with E-state index in [1.54, 1.807) is 6.08 Å². The molecule has 0 bridgehead atoms. The number of unbranched alkanes of at least 4 members (excludes halogenated alkanes) is 22. The third kappa shape index (κ3) is 38.5. The van der Waals surface area contributed by atoms with E-state index in [9.17, 15) is 30.3 Å². The lowest BCUT2D eigenvalue weighted by molar-refractivity contribution is -0.302. The van der Waals surface area contributed by atoms with Crippen LogP contribution < -0.4 is 5.32 Å². The minimum absolute atomic E-state index is 0.201. The summed E-state index contributed by atoms with van der Waals surface area (Å²) in [5, 5.41) is 54.5. The summed E-state index contributed by atoms with van der Waals surface area (Å²) >= 11 is 0. The Labute approximate surface area is 422 Å². The highest BCUT2D eigenvalue weighted by atomic mass is 16.7. The zero-order valence-electron chi connectivity index (χ0n) is 43.8. The number of rotatable bonds is 46. The lowest BCUT2D eigenvalue weighted by Crippen LogP contribution is -2.60. The number of carbonyl (C=O) groups excluding carboxylic acids is 1. The Morgan fingerprint density at radius 3 is 1.39 bits per heavy atom. The Kier molecular flexibility index (Phi) is 45.3. The molecule has 0 spiro atoms. The highest BCUT2D eigenvalue weighted by Gasteiger charge is 2.44. The van der Waals surface area contributed by atoms with Crippen LogP contribution >= 0.6 is 0 Å². The molecule has 6 N–H and O–H groups in total. The van der Waals surface area contributed by atoms with Gasteiger partial charge in [0, 0.05) is 6.42 Å². The normalized spacial score (nSPS) is 20.2. The van der Waals surface area contributed by atoms with Crippen LogP contribution in [-0.4, -0.2) is 87.5 Å². The average Bonchev–Trinajstić information content (AvgIpc) is 3.35. The van der Waals surface area contributed by atoms with Gasteiger partial charge in [0.15, 0.2) is 6.29 Å². The van der Waals surface area contributed by atoms with Crippen molar-refractivity contribution >= 4 is 5.91 Å². The fourth-order valence-corrected chi connectivity index (χ4v) is 8.21. The molecular weight excluding hydrogens is 863 g/mol. The fraction of sp³-hybridized carbons (Fsp3) is 0.717. The van der Waals surface area contributed by atoms with Crippen LogP contribution in [0.5, 0.6) is 0 Å². The van der Waals surface area contributed by atoms with Crippen molar-refractivity contribution in [3.05, 3.63) is 97.2 Å². The van der Waals surface area contributed by atoms with Crippen LogP contribution in [0, 0.1) is 0 Å². The summed E-state index contributed by atoms with van der Waals surface area (Å²) in [5.74, 6) is -0.201. The first-order valence-electron chi connectivity index (χ1n) is 28.0. The number of allylic oxidation sites excluding steroid dienone is 15. The molecule has 0 aromatic heterocycles. The summed E-state index contributed by atoms with van der Waals surface area (Å²) < 4.78 is 11.2. The Bertz CT molecular complexity index is 1400. The molecule has 1 aliphatic heterocycles. The smallest absolute Gasteiger partial charge is 0.220 e. The molecule has 0 radical (unpaired) electrons. The van der Waals surface area contributed by atoms with E-state index in [-0.39, 0.29) is 12.5 Å². The van der Waals surface area contributed by atoms with Gasteiger partial charge >= 0.3 is 0 Å². The zero-order valence-corrected chi connectivity index (χ0v) is 43.8. The summed E-state index contributed by atoms with van der Waals surface area (Å²) in [6.07, 6.45) is 63.2. The minimum atomic E-state index is -1.58. The standard InChI is InChI=1S/C60H103NO8/c1-3-5-7-9-11-13-15-17-19-21-23-25-26-27-28-30-32-34-36-38-40-42-44-46-48-50-56(64)61-53(52-68-60-59(67)58(66)57(65)55(51-62)69-60)54(63)49-47-45-43-41-39-37-35-33-31-29-24-22-20-18-16-14-12-10-8-6-4-2/h5,7,11,13,17,19,23,25,27-28,31,33,39,41,47,49,53-55,57-60,62-63,65-67H,3-4,6,8-10,12,14-16,18,20-22,24,26,29-30,32,34-38,40,42-46,48,50-52H2,1-2H3,(H,61,64)/b7-5-,13-11-,19-17-,25-23-,28-27-,33-31+,41-39+,49-47+. The maximum absolute atomic E-state index is 13.0. The van der Waals surface area contributed by atoms with Crippen molar-refractivity contribution in [3.8, 4) is 0 Å². The molecule has 69 heavy (non-hydrogen) atoms. The molecule has 9 nitrogen and oxygen atoms in total. The Balaban J connectivity index is 2.30. The highest BCUT2D eigenvalue weighted by molar-refractivity contribution is 5.76. The number of aliphatic hydroxyl groups is 5. The van der Waals surface area contributed by atoms with E-state index in [1.165, 1.54) is 103 Å². The second kappa shape index (κ2) is 48.7. The number of hydrogen-bond acceptors (Lipinski definition) is 8. The van der Waals surface area contributed by atoms with Crippen LogP contribution in [0.25, 0.3) is 0 Å². The molecule has 7 unspecified atom stereocenters. The molecule has 0 aromatic rings. The van der Waals surface area contributed by atoms with Crippen molar-refractivity contribution in [2.75, 3.05) is 13.2 Å². The summed E-state index contributed by atoms with van der Waals surface area (Å²) in [4.78, 5) is 13.0. The van der Waals surface area contributed by atoms with Crippen LogP contribution in [0.3, 0.4) is 0 Å². The maximum Gasteiger partial charge on any atom is 0.220 e. The van der Waals surface area contributed by atoms with E-state index < -0.39 is 49.5 Å². The topological polar surface area (TPSA) is 149 Å². The number of ether oxygens (including phenoxy) is 2. The van der Waals surface area contributed by atoms with Gasteiger partial charge in [-0.05, 0) is 89.9 Å². The van der Waals surface area contributed by atoms with Crippen molar-refractivity contribution in [2.24, 2.45) is 0 Å². The first-order valence-corrected chi connectivity index (χ1v) is 28.0. The second-order valence-electron chi connectivity index (χ2n) is 19.0. The van der Waals surface area contributed by atoms with Gasteiger partial charge in [0.25, 0.3) is 0 Å². The molecule has 7 atom stereocenters. The van der Waals surface area contributed by atoms with E-state index in [0.717, 1.165) is 96.3 Å². The van der Waals surface area contributed by atoms with Crippen molar-refractivity contribution in [1.82, 2.24) is 5.32 Å². The lowest BCUT2D eigenvalue weighted by atomic mass is 9.99. The largest absolute Gasteiger partial charge is 0.394 e. The van der Waals surface area contributed by atoms with E-state index in [0.29, 0.717) is 6.42 Å². The summed E-state index contributed by atoms with van der Waals surface area (Å²) in [6.45, 7) is 3.64. The van der Waals surface area contributed by atoms with Crippen LogP contribution in [0.2, 0.25) is 0 Å². The first-order chi connectivity index (χ1) is 33.8. The first kappa shape index (κ1) is 64.1. The molecule has 1 aliphatic rings. The molecule has 1 saturated heterocycles. The van der Waals surface area contributed by atoms with Crippen molar-refractivity contribution in [1.29, 1.82) is 0 Å². The highest BCUT2D eigenvalue weighted by Crippen LogP contribution is 2.23. The third-order valence-electron chi connectivity index (χ3n) is 12.6. The second-order valence-corrected chi connectivity index (χ2v) is 19.0. The van der Waals surface area contributed by atoms with Gasteiger partial charge in [-0.25, -0.2) is 0 Å². The van der Waals surface area contributed by atoms with Crippen LogP contribution in [0.4, 0.5) is 0 Å². The number of nitrogens with one attached hydrogen (secondary N) is 1. The molecule has 9 heteroatoms. The van der Waals surface area contributed by atoms with Gasteiger partial charge in [-0.2, -0.15) is 0 Å². The number of amides is 1. The van der Waals surface area contributed by atoms with Gasteiger partial charge in [0.2, 0.25) is 5.91 Å². The molecule has 396 valence electrons. The van der Waals surface area contributed by atoms with Crippen molar-refractivity contribution < 1.29 is 39.8 Å². The predicted molar refractivity (Wildman–Crippen MR) is 290 cm³/mol. The fourth-order valence-electron chi connectivity index (χ4n) is 8.21. The summed E-state index contributed by atoms with van der Waals surface area (Å²) in [7, 11) is 0. The van der Waals surface area contributed by atoms with Crippen LogP contribution in [-0.2, 0) is 14.3 Å². The molecule has 1 rings (SSSR count). The maximum atomic E-state index is 13.0. The Hall–Kier alpha value is -2.89. The SMILES string of the molecule is CC/C=C\C/C=C\C/C=C\C/C=C\C/C=C\CCCCCCCCCCCC(=O)NC(COC1OC(CO)C(O)C(O)C1O)C(O)/C=C/CC/C=C/CC/C=C/CCCCCCCCCCCCC. The van der Waals surface area contributed by atoms with Crippen molar-refractivity contribution in [3.63, 3.8) is 0 Å². The van der Waals surface area contributed by atoms with Gasteiger partial charge in [-0.15, -0.1) is 0 Å². The van der Waals surface area contributed by atoms with Gasteiger partial charge < -0.3 is 40.3 Å². The Morgan fingerprint density at radius 2 is 0.913 bits per heavy atom. The molecule has 1 amide bonds. The Morgan fingerprint density at radius 1 is 0.507 bits per heavy atom. The van der Waals surface area contributed by atoms with Crippen LogP contribution in [0.15, 0.2) is 97.2 Å². The summed E-state index contributed by atoms with van der Waals surface area (Å²) in [6, 6.07) is -0.838. The minimum Gasteiger partial charge on any atom is -0.394 e. The zero-order chi connectivity index (χ0) is 50.1. The van der Waals surface area contributed by atoms with E-state index in [4.69, 9.17) is 9.47 Å². The summed E-state index contributed by atoms with van der Waals surface area (Å²) in [5.41, 5.74) is 0. The van der Waals surface area contributed by atoms with Gasteiger partial charge in [-0.3, -0.25) is 4.79 Å². The number of carbonyl (C=O) groups is 1. The number of hydrogen-bond donors (Lipinski definition) is 6. The molecular formula is C60H103NO8. The van der Waals surface area contributed by atoms with Crippen LogP contribution in [0.1, 0.15) is 219 Å². The van der Waals surface area contributed by atoms with Gasteiger partial charge in [-0.1, -0.05) is 220 Å². The predicted octanol–water partition coefficient (Wildman–Crippen LogP) is 13.6. The molecule has 1 fully saturated rings. The van der Waals surface area contributed by atoms with E-state index in [1.807, 2.05) is 6.08 Å². The molecule has 1 heterocycles. The van der Waals surface area contributed by atoms with Gasteiger partial charge in [0.05, 0.1) is 25.4 Å². The molecule has 0 aromatic carbocycles. The van der Waals surface area contributed by atoms with Gasteiger partial charge in [0.1, 0.15) is 24.4 Å². The molecule has 0 saturated carbocycles. The number of aliphatic hydroxyl groups excluding tert-OH is 5. The third-order valence-corrected chi connectivity index (χ3v) is 12.6. The van der Waals surface area contributed by atoms with Crippen molar-refractivity contribution in [2.45, 2.75) is 262 Å². The molecule has 0 aliphatic carbocycles. The monoisotopic (exact) mass is 966 g/mol.